The van der Waals surface area contributed by atoms with Crippen LogP contribution in [-0.2, 0) is 25.7 Å². The maximum absolute atomic E-state index is 13.0. The number of hydrogen-bond donors (Lipinski definition) is 8. The Bertz CT molecular complexity index is 5850. The lowest BCUT2D eigenvalue weighted by Gasteiger charge is -2.17. The molecule has 0 aliphatic heterocycles. The van der Waals surface area contributed by atoms with E-state index in [1.807, 2.05) is 42.5 Å². The summed E-state index contributed by atoms with van der Waals surface area (Å²) in [6.45, 7) is 0.342. The van der Waals surface area contributed by atoms with E-state index in [-0.39, 0.29) is 49.0 Å². The minimum Gasteiger partial charge on any atom is -0.383 e. The van der Waals surface area contributed by atoms with Crippen molar-refractivity contribution in [2.24, 2.45) is 42.9 Å². The van der Waals surface area contributed by atoms with Crippen molar-refractivity contribution in [1.29, 1.82) is 0 Å². The van der Waals surface area contributed by atoms with Gasteiger partial charge in [-0.2, -0.15) is 20.0 Å². The molecule has 32 heteroatoms. The van der Waals surface area contributed by atoms with Crippen LogP contribution in [-0.4, -0.2) is 64.7 Å². The quantitative estimate of drug-likeness (QED) is 0.0246. The van der Waals surface area contributed by atoms with Gasteiger partial charge in [0.1, 0.15) is 47.5 Å². The molecule has 7 amide bonds. The van der Waals surface area contributed by atoms with E-state index in [1.54, 1.807) is 188 Å². The van der Waals surface area contributed by atoms with Gasteiger partial charge in [0.2, 0.25) is 0 Å². The Morgan fingerprint density at radius 2 is 0.492 bits per heavy atom. The molecule has 0 bridgehead atoms. The second-order valence-electron chi connectivity index (χ2n) is 25.3. The Balaban J connectivity index is 0.000000182. The molecule has 0 saturated heterocycles. The largest absolute Gasteiger partial charge is 0.383 e. The summed E-state index contributed by atoms with van der Waals surface area (Å²) in [7, 11) is 0. The van der Waals surface area contributed by atoms with E-state index in [0.29, 0.717) is 107 Å². The molecule has 12 aromatic rings. The number of carbonyl (C=O) groups excluding carboxylic acids is 7. The van der Waals surface area contributed by atoms with E-state index >= 15 is 0 Å². The van der Waals surface area contributed by atoms with Gasteiger partial charge in [-0.3, -0.25) is 38.9 Å². The highest BCUT2D eigenvalue weighted by Crippen LogP contribution is 2.33. The zero-order chi connectivity index (χ0) is 86.7. The van der Waals surface area contributed by atoms with Gasteiger partial charge in [-0.1, -0.05) is 327 Å². The summed E-state index contributed by atoms with van der Waals surface area (Å²) >= 11 is 78.4. The van der Waals surface area contributed by atoms with Crippen LogP contribution in [0.3, 0.4) is 0 Å². The van der Waals surface area contributed by atoms with E-state index in [1.165, 1.54) is 54.6 Å². The molecule has 19 nitrogen and oxygen atoms in total. The number of rotatable bonds is 21. The summed E-state index contributed by atoms with van der Waals surface area (Å²) in [5, 5.41) is 15.4. The van der Waals surface area contributed by atoms with E-state index in [9.17, 15) is 33.6 Å². The summed E-state index contributed by atoms with van der Waals surface area (Å²) in [4.78, 5) is 106. The first-order valence-corrected chi connectivity index (χ1v) is 40.2. The van der Waals surface area contributed by atoms with Crippen LogP contribution in [0.4, 0.5) is 0 Å². The highest BCUT2D eigenvalue weighted by atomic mass is 35.5. The van der Waals surface area contributed by atoms with Crippen LogP contribution in [0.1, 0.15) is 105 Å². The second-order valence-corrected chi connectivity index (χ2v) is 30.6. The Hall–Kier alpha value is -10.7. The van der Waals surface area contributed by atoms with Crippen molar-refractivity contribution < 1.29 is 33.6 Å². The first kappa shape index (κ1) is 93.2. The molecule has 4 unspecified atom stereocenters. The molecular formula is C88H65Cl13N12O7. The molecule has 610 valence electrons. The van der Waals surface area contributed by atoms with Gasteiger partial charge >= 0.3 is 0 Å². The van der Waals surface area contributed by atoms with Crippen molar-refractivity contribution in [3.63, 3.8) is 0 Å². The van der Waals surface area contributed by atoms with E-state index in [4.69, 9.17) is 174 Å². The lowest BCUT2D eigenvalue weighted by molar-refractivity contribution is -0.120. The topological polar surface area (TPSA) is 321 Å². The summed E-state index contributed by atoms with van der Waals surface area (Å²) < 4.78 is 0. The van der Waals surface area contributed by atoms with Crippen molar-refractivity contribution in [2.45, 2.75) is 30.7 Å². The third-order valence-corrected chi connectivity index (χ3v) is 21.6. The summed E-state index contributed by atoms with van der Waals surface area (Å²) in [5.41, 5.74) is 30.0. The zero-order valence-electron chi connectivity index (χ0n) is 62.0. The highest BCUT2D eigenvalue weighted by molar-refractivity contribution is 6.45. The smallest absolute Gasteiger partial charge is 0.274 e. The normalized spacial score (nSPS) is 12.4. The van der Waals surface area contributed by atoms with Crippen LogP contribution in [0.5, 0.6) is 0 Å². The number of nitrogens with one attached hydrogen (secondary N) is 4. The van der Waals surface area contributed by atoms with E-state index < -0.39 is 65.5 Å². The molecule has 0 aromatic heterocycles. The molecule has 12 rings (SSSR count). The second kappa shape index (κ2) is 45.7. The third-order valence-electron chi connectivity index (χ3n) is 16.9. The fourth-order valence-electron chi connectivity index (χ4n) is 10.8. The van der Waals surface area contributed by atoms with E-state index in [0.717, 1.165) is 5.56 Å². The Morgan fingerprint density at radius 3 is 0.792 bits per heavy atom. The van der Waals surface area contributed by atoms with Crippen LogP contribution in [0.25, 0.3) is 0 Å². The van der Waals surface area contributed by atoms with Crippen LogP contribution in [0.2, 0.25) is 65.3 Å². The Kier molecular flexibility index (Phi) is 35.5. The average molecular weight is 1860 g/mol. The van der Waals surface area contributed by atoms with Gasteiger partial charge in [0.25, 0.3) is 41.4 Å². The fraction of sp³-hybridized carbons (Fsp3) is 0.0568. The van der Waals surface area contributed by atoms with Crippen molar-refractivity contribution >= 4 is 216 Å². The van der Waals surface area contributed by atoms with Crippen molar-refractivity contribution in [2.75, 3.05) is 0 Å². The molecule has 120 heavy (non-hydrogen) atoms. The third kappa shape index (κ3) is 27.4. The minimum atomic E-state index is -1.17. The molecule has 0 aliphatic rings. The number of nitrogens with two attached hydrogens (primary N) is 4. The molecular weight excluding hydrogens is 1800 g/mol. The van der Waals surface area contributed by atoms with Gasteiger partial charge in [0.15, 0.2) is 0 Å². The number of benzene rings is 12. The van der Waals surface area contributed by atoms with Gasteiger partial charge in [-0.15, -0.1) is 0 Å². The monoisotopic (exact) mass is 1860 g/mol. The first-order valence-electron chi connectivity index (χ1n) is 35.3. The van der Waals surface area contributed by atoms with Crippen molar-refractivity contribution in [1.82, 2.24) is 21.3 Å². The molecule has 0 heterocycles. The van der Waals surface area contributed by atoms with Crippen LogP contribution < -0.4 is 44.2 Å². The van der Waals surface area contributed by atoms with Gasteiger partial charge in [0, 0.05) is 50.5 Å². The average Bonchev–Trinajstić information content (AvgIpc) is 0.834. The maximum Gasteiger partial charge on any atom is 0.274 e. The molecule has 0 aliphatic carbocycles. The molecule has 0 saturated carbocycles. The molecule has 4 atom stereocenters. The van der Waals surface area contributed by atoms with Gasteiger partial charge in [-0.25, -0.2) is 0 Å². The number of hydrogen-bond acceptors (Lipinski definition) is 8. The predicted octanol–water partition coefficient (Wildman–Crippen LogP) is 21.2. The minimum absolute atomic E-state index is 0.0134. The number of nitrogens with zero attached hydrogens (tertiary/aromatic N) is 4. The molecule has 0 fully saturated rings. The van der Waals surface area contributed by atoms with Crippen molar-refractivity contribution in [3.05, 3.63) is 417 Å². The van der Waals surface area contributed by atoms with Gasteiger partial charge in [-0.05, 0) is 137 Å². The zero-order valence-corrected chi connectivity index (χ0v) is 71.8. The van der Waals surface area contributed by atoms with Crippen LogP contribution in [0.15, 0.2) is 305 Å². The SMILES string of the molecule is NC(=NC(=O)C(NC(=O)c1ccc(Cl)c(Cl)c1)c1ccc(Cl)c(Cl)c1)c1ccccc1.NC(=NC(=O)C(NC(=O)c1cccc(Cl)c1)c1ccc(Cl)c(Cl)c1)c1ccccc1.NC(=NC(=O)C(NC(=O)c1ccccc1)c1ccc(Cl)c(Cl)c1)c1ccccc1.NC(=NC(=O)C(NCc1ccc(Cl)c(Cl)c1)c1ccc(Cl)c(Cl)c1)c1ccccc1. The fourth-order valence-corrected chi connectivity index (χ4v) is 12.8. The Labute approximate surface area is 754 Å². The lowest BCUT2D eigenvalue weighted by atomic mass is 10.1. The number of halogens is 13. The molecule has 0 radical (unpaired) electrons. The Morgan fingerprint density at radius 1 is 0.242 bits per heavy atom. The highest BCUT2D eigenvalue weighted by Gasteiger charge is 2.29. The molecule has 12 N–H and O–H groups in total. The number of amidine groups is 4. The van der Waals surface area contributed by atoms with Crippen LogP contribution in [0, 0.1) is 0 Å². The van der Waals surface area contributed by atoms with Crippen molar-refractivity contribution in [3.8, 4) is 0 Å². The summed E-state index contributed by atoms with van der Waals surface area (Å²) in [6, 6.07) is 74.8. The maximum atomic E-state index is 13.0. The van der Waals surface area contributed by atoms with E-state index in [2.05, 4.69) is 41.2 Å². The first-order chi connectivity index (χ1) is 57.4. The lowest BCUT2D eigenvalue weighted by Crippen LogP contribution is -2.34. The summed E-state index contributed by atoms with van der Waals surface area (Å²) in [5.74, 6) is -3.71. The van der Waals surface area contributed by atoms with Gasteiger partial charge in [0.05, 0.1) is 60.3 Å². The standard InChI is InChI=1S/C22H15Cl4N3O2.C22H17Cl4N3O.C22H16Cl3N3O2.C22H17Cl2N3O2/c23-15-8-6-13(10-17(15)25)19(22(31)29-20(27)12-4-2-1-3-5-12)28-21(30)14-7-9-16(24)18(26)11-14;23-16-8-6-13(10-18(16)25)12-28-20(15-7-9-17(24)19(26)11-15)22(30)29-21(27)14-4-2-1-3-5-14;23-16-8-4-7-15(11-16)21(29)27-19(14-9-10-17(24)18(25)12-14)22(30)28-20(26)13-5-2-1-3-6-13;23-17-12-11-16(13-18(17)24)19(26-21(28)15-9-5-2-6-10-15)22(29)27-20(25)14-7-3-1-4-8-14/h1-11,19H,(H,28,30)(H2,27,29,31);1-11,20,28H,12H2,(H2,27,29,30);1-12,19H,(H,27,29)(H2,26,28,30);1-13,19H,(H,26,28)(H2,25,27,29). The predicted molar refractivity (Wildman–Crippen MR) is 486 cm³/mol. The molecule has 0 spiro atoms. The number of amides is 7. The van der Waals surface area contributed by atoms with Crippen LogP contribution >= 0.6 is 151 Å². The van der Waals surface area contributed by atoms with Gasteiger partial charge < -0.3 is 38.9 Å². The number of aliphatic imine (C=N–C) groups is 4. The molecule has 12 aromatic carbocycles. The summed E-state index contributed by atoms with van der Waals surface area (Å²) in [6.07, 6.45) is 0. The number of carbonyl (C=O) groups is 7.